The summed E-state index contributed by atoms with van der Waals surface area (Å²) >= 11 is 3.59. The minimum atomic E-state index is 0.586. The van der Waals surface area contributed by atoms with Crippen molar-refractivity contribution in [3.63, 3.8) is 0 Å². The predicted molar refractivity (Wildman–Crippen MR) is 322 cm³/mol. The summed E-state index contributed by atoms with van der Waals surface area (Å²) in [6.45, 7) is 0. The molecule has 0 saturated heterocycles. The Morgan fingerprint density at radius 2 is 0.779 bits per heavy atom. The predicted octanol–water partition coefficient (Wildman–Crippen LogP) is 19.8. The van der Waals surface area contributed by atoms with Crippen LogP contribution in [0.3, 0.4) is 0 Å². The van der Waals surface area contributed by atoms with Crippen molar-refractivity contribution >= 4 is 129 Å². The molecule has 17 aromatic rings. The molecule has 0 N–H and O–H groups in total. The number of thiophene rings is 2. The van der Waals surface area contributed by atoms with Gasteiger partial charge in [-0.05, 0) is 83.9 Å². The van der Waals surface area contributed by atoms with Gasteiger partial charge in [-0.1, -0.05) is 158 Å². The second kappa shape index (κ2) is 16.4. The smallest absolute Gasteiger partial charge is 0.164 e. The average Bonchev–Trinajstić information content (AvgIpc) is 4.45. The molecule has 8 heteroatoms. The fraction of sp³-hybridized carbons (Fsp3) is 0. The molecule has 0 atom stereocenters. The van der Waals surface area contributed by atoms with E-state index in [0.717, 1.165) is 110 Å². The molecule has 0 bridgehead atoms. The number of nitrogens with zero attached hydrogens (tertiary/aromatic N) is 4. The average molecular weight is 1020 g/mol. The number of fused-ring (bicyclic) bond motifs is 17. The van der Waals surface area contributed by atoms with Gasteiger partial charge >= 0.3 is 0 Å². The lowest BCUT2D eigenvalue weighted by Crippen LogP contribution is -2.04. The van der Waals surface area contributed by atoms with E-state index in [1.807, 2.05) is 12.1 Å². The lowest BCUT2D eigenvalue weighted by atomic mass is 9.92. The van der Waals surface area contributed by atoms with E-state index in [1.165, 1.54) is 40.3 Å². The van der Waals surface area contributed by atoms with Crippen molar-refractivity contribution in [2.24, 2.45) is 0 Å². The van der Waals surface area contributed by atoms with Crippen molar-refractivity contribution in [3.8, 4) is 62.1 Å². The lowest BCUT2D eigenvalue weighted by Gasteiger charge is -2.21. The van der Waals surface area contributed by atoms with Crippen LogP contribution in [0.2, 0.25) is 0 Å². The first kappa shape index (κ1) is 42.6. The van der Waals surface area contributed by atoms with E-state index < -0.39 is 0 Å². The monoisotopic (exact) mass is 1020 g/mol. The lowest BCUT2D eigenvalue weighted by molar-refractivity contribution is 0.664. The number of para-hydroxylation sites is 2. The molecule has 0 fully saturated rings. The SMILES string of the molecule is c1ccc(-c2cc(-c3nc(-c4ccc5c(c4)sc4ccccc45)nc(-c4ccc5c(c4)sc4ccccc45)n3)cc(-c3ccccc3)c2-n2c3ccccc3c3c4oc5c(ccc6oc7ccccc7c65)c4ccc32)cc1. The van der Waals surface area contributed by atoms with Gasteiger partial charge in [-0.15, -0.1) is 22.7 Å². The number of rotatable bonds is 6. The summed E-state index contributed by atoms with van der Waals surface area (Å²) < 4.78 is 20.9. The second-order valence-corrected chi connectivity index (χ2v) is 21.9. The summed E-state index contributed by atoms with van der Waals surface area (Å²) in [7, 11) is 0. The van der Waals surface area contributed by atoms with Gasteiger partial charge in [0.15, 0.2) is 17.5 Å². The highest BCUT2D eigenvalue weighted by molar-refractivity contribution is 7.26. The maximum Gasteiger partial charge on any atom is 0.164 e. The number of benzene rings is 11. The highest BCUT2D eigenvalue weighted by Crippen LogP contribution is 2.48. The second-order valence-electron chi connectivity index (χ2n) is 19.8. The number of aromatic nitrogens is 4. The van der Waals surface area contributed by atoms with E-state index in [0.29, 0.717) is 17.5 Å². The molecule has 0 aliphatic heterocycles. The fourth-order valence-electron chi connectivity index (χ4n) is 12.0. The summed E-state index contributed by atoms with van der Waals surface area (Å²) in [5.41, 5.74) is 13.4. The van der Waals surface area contributed by atoms with Gasteiger partial charge in [0.2, 0.25) is 0 Å². The molecule has 77 heavy (non-hydrogen) atoms. The van der Waals surface area contributed by atoms with Crippen LogP contribution < -0.4 is 0 Å². The normalized spacial score (nSPS) is 12.2. The minimum Gasteiger partial charge on any atom is -0.456 e. The van der Waals surface area contributed by atoms with Crippen molar-refractivity contribution in [1.82, 2.24) is 19.5 Å². The van der Waals surface area contributed by atoms with Crippen molar-refractivity contribution in [1.29, 1.82) is 0 Å². The van der Waals surface area contributed by atoms with Crippen LogP contribution in [0.4, 0.5) is 0 Å². The Hall–Kier alpha value is -9.73. The maximum atomic E-state index is 7.19. The Bertz CT molecular complexity index is 5100. The molecule has 358 valence electrons. The molecular formula is C69H38N4O2S2. The van der Waals surface area contributed by atoms with Crippen LogP contribution in [0.25, 0.3) is 168 Å². The fourth-order valence-corrected chi connectivity index (χ4v) is 14.3. The van der Waals surface area contributed by atoms with E-state index in [9.17, 15) is 0 Å². The van der Waals surface area contributed by atoms with Crippen LogP contribution in [0.1, 0.15) is 0 Å². The van der Waals surface area contributed by atoms with Crippen LogP contribution >= 0.6 is 22.7 Å². The Morgan fingerprint density at radius 1 is 0.299 bits per heavy atom. The summed E-state index contributed by atoms with van der Waals surface area (Å²) in [6, 6.07) is 82.1. The van der Waals surface area contributed by atoms with Gasteiger partial charge in [0, 0.05) is 89.7 Å². The largest absolute Gasteiger partial charge is 0.456 e. The molecule has 11 aromatic carbocycles. The van der Waals surface area contributed by atoms with Gasteiger partial charge in [0.05, 0.1) is 27.5 Å². The molecule has 6 nitrogen and oxygen atoms in total. The molecule has 0 amide bonds. The van der Waals surface area contributed by atoms with Gasteiger partial charge in [0.25, 0.3) is 0 Å². The maximum absolute atomic E-state index is 7.19. The van der Waals surface area contributed by atoms with Crippen LogP contribution in [0, 0.1) is 0 Å². The molecule has 0 unspecified atom stereocenters. The standard InChI is InChI=1S/C69H38N4O2S2/c1-3-15-39(16-4-1)52-35-43(69-71-67(41-27-29-46-44-19-9-13-25-58(44)76-60(46)37-41)70-68(72-69)42-28-30-47-45-20-10-14-26-59(45)77-61(47)38-42)36-53(40-17-5-2-6-18-40)64(52)73-54-23-11-7-21-50(54)62-55(73)33-31-48-49-32-34-57-63(66(49)75-65(48)62)51-22-8-12-24-56(51)74-57/h1-38H. The molecule has 0 spiro atoms. The highest BCUT2D eigenvalue weighted by atomic mass is 32.1. The summed E-state index contributed by atoms with van der Waals surface area (Å²) in [5.74, 6) is 1.82. The van der Waals surface area contributed by atoms with E-state index in [-0.39, 0.29) is 0 Å². The zero-order valence-corrected chi connectivity index (χ0v) is 42.5. The summed E-state index contributed by atoms with van der Waals surface area (Å²) in [5, 5.41) is 11.3. The summed E-state index contributed by atoms with van der Waals surface area (Å²) in [6.07, 6.45) is 0. The molecule has 0 aliphatic rings. The van der Waals surface area contributed by atoms with Crippen LogP contribution in [0.5, 0.6) is 0 Å². The number of furan rings is 2. The highest BCUT2D eigenvalue weighted by Gasteiger charge is 2.26. The third kappa shape index (κ3) is 6.43. The molecule has 0 radical (unpaired) electrons. The van der Waals surface area contributed by atoms with Gasteiger partial charge in [-0.2, -0.15) is 0 Å². The molecule has 6 aromatic heterocycles. The first-order valence-electron chi connectivity index (χ1n) is 25.7. The zero-order chi connectivity index (χ0) is 50.3. The van der Waals surface area contributed by atoms with E-state index in [4.69, 9.17) is 23.8 Å². The number of hydrogen-bond donors (Lipinski definition) is 0. The van der Waals surface area contributed by atoms with Crippen LogP contribution in [-0.4, -0.2) is 19.5 Å². The van der Waals surface area contributed by atoms with E-state index in [1.54, 1.807) is 22.7 Å². The number of hydrogen-bond acceptors (Lipinski definition) is 7. The Kier molecular flexibility index (Phi) is 9.07. The van der Waals surface area contributed by atoms with E-state index >= 15 is 0 Å². The zero-order valence-electron chi connectivity index (χ0n) is 40.9. The van der Waals surface area contributed by atoms with Crippen molar-refractivity contribution in [2.45, 2.75) is 0 Å². The molecule has 17 rings (SSSR count). The first-order valence-corrected chi connectivity index (χ1v) is 27.4. The van der Waals surface area contributed by atoms with Crippen molar-refractivity contribution in [2.75, 3.05) is 0 Å². The van der Waals surface area contributed by atoms with Crippen LogP contribution in [0.15, 0.2) is 239 Å². The van der Waals surface area contributed by atoms with E-state index in [2.05, 4.69) is 223 Å². The van der Waals surface area contributed by atoms with Gasteiger partial charge in [0.1, 0.15) is 22.3 Å². The Labute approximate surface area is 447 Å². The molecular weight excluding hydrogens is 981 g/mol. The topological polar surface area (TPSA) is 69.9 Å². The molecule has 6 heterocycles. The van der Waals surface area contributed by atoms with Crippen LogP contribution in [-0.2, 0) is 0 Å². The van der Waals surface area contributed by atoms with Gasteiger partial charge < -0.3 is 13.4 Å². The molecule has 0 saturated carbocycles. The molecule has 0 aliphatic carbocycles. The quantitative estimate of drug-likeness (QED) is 0.166. The Morgan fingerprint density at radius 3 is 1.40 bits per heavy atom. The first-order chi connectivity index (χ1) is 38.1. The summed E-state index contributed by atoms with van der Waals surface area (Å²) in [4.78, 5) is 16.3. The van der Waals surface area contributed by atoms with Crippen molar-refractivity contribution < 1.29 is 8.83 Å². The Balaban J connectivity index is 0.943. The van der Waals surface area contributed by atoms with Gasteiger partial charge in [-0.25, -0.2) is 15.0 Å². The third-order valence-corrected chi connectivity index (χ3v) is 17.7. The minimum absolute atomic E-state index is 0.586. The van der Waals surface area contributed by atoms with Crippen molar-refractivity contribution in [3.05, 3.63) is 231 Å². The third-order valence-electron chi connectivity index (χ3n) is 15.5. The van der Waals surface area contributed by atoms with Gasteiger partial charge in [-0.3, -0.25) is 0 Å².